The Labute approximate surface area is 171 Å². The predicted octanol–water partition coefficient (Wildman–Crippen LogP) is 0.770. The molecular formula is C17H22F3N3O6S. The third-order valence-electron chi connectivity index (χ3n) is 4.69. The van der Waals surface area contributed by atoms with Crippen LogP contribution in [0.1, 0.15) is 18.4 Å². The number of rotatable bonds is 4. The van der Waals surface area contributed by atoms with Gasteiger partial charge < -0.3 is 15.2 Å². The lowest BCUT2D eigenvalue weighted by Crippen LogP contribution is -2.54. The molecule has 1 amide bonds. The normalized spacial score (nSPS) is 24.3. The van der Waals surface area contributed by atoms with Gasteiger partial charge >= 0.3 is 12.1 Å². The number of hydrogen-bond acceptors (Lipinski definition) is 6. The zero-order valence-electron chi connectivity index (χ0n) is 16.0. The molecule has 30 heavy (non-hydrogen) atoms. The molecule has 9 nitrogen and oxygen atoms in total. The van der Waals surface area contributed by atoms with Gasteiger partial charge in [-0.25, -0.2) is 13.2 Å². The number of carbonyl (C=O) groups excluding carboxylic acids is 1. The lowest BCUT2D eigenvalue weighted by molar-refractivity contribution is -0.192. The number of carboxylic acid groups (broad SMARTS) is 1. The zero-order chi connectivity index (χ0) is 22.5. The summed E-state index contributed by atoms with van der Waals surface area (Å²) < 4.78 is 62.8. The Hall–Kier alpha value is -2.25. The monoisotopic (exact) mass is 453 g/mol. The van der Waals surface area contributed by atoms with Crippen LogP contribution >= 0.6 is 0 Å². The van der Waals surface area contributed by atoms with Gasteiger partial charge in [0.1, 0.15) is 0 Å². The fraction of sp³-hybridized carbons (Fsp3) is 0.588. The van der Waals surface area contributed by atoms with Crippen molar-refractivity contribution >= 4 is 21.9 Å². The summed E-state index contributed by atoms with van der Waals surface area (Å²) in [5.41, 5.74) is 0.909. The summed E-state index contributed by atoms with van der Waals surface area (Å²) in [6.45, 7) is 1.16. The van der Waals surface area contributed by atoms with Crippen molar-refractivity contribution in [1.29, 1.82) is 0 Å². The third kappa shape index (κ3) is 6.64. The molecule has 0 aliphatic carbocycles. The number of ether oxygens (including phenoxy) is 1. The second-order valence-electron chi connectivity index (χ2n) is 6.91. The number of pyridine rings is 1. The van der Waals surface area contributed by atoms with Gasteiger partial charge in [-0.15, -0.1) is 0 Å². The van der Waals surface area contributed by atoms with Crippen molar-refractivity contribution in [3.8, 4) is 0 Å². The number of nitrogens with zero attached hydrogens (tertiary/aromatic N) is 2. The second kappa shape index (κ2) is 9.71. The van der Waals surface area contributed by atoms with E-state index in [1.165, 1.54) is 10.6 Å². The summed E-state index contributed by atoms with van der Waals surface area (Å²) in [5, 5.41) is 9.99. The number of amides is 1. The molecule has 0 unspecified atom stereocenters. The Balaban J connectivity index is 0.000000396. The molecule has 3 heterocycles. The molecular weight excluding hydrogens is 431 g/mol. The van der Waals surface area contributed by atoms with E-state index in [1.54, 1.807) is 12.4 Å². The minimum absolute atomic E-state index is 0.132. The van der Waals surface area contributed by atoms with Crippen molar-refractivity contribution < 1.29 is 41.0 Å². The number of hydrogen-bond donors (Lipinski definition) is 2. The summed E-state index contributed by atoms with van der Waals surface area (Å²) in [6.07, 6.45) is 0.552. The number of aliphatic carboxylic acids is 1. The molecule has 1 aromatic rings. The Bertz CT molecular complexity index is 850. The Morgan fingerprint density at radius 2 is 2.07 bits per heavy atom. The van der Waals surface area contributed by atoms with E-state index in [9.17, 15) is 26.4 Å². The third-order valence-corrected chi connectivity index (χ3v) is 5.96. The van der Waals surface area contributed by atoms with Crippen LogP contribution < -0.4 is 5.32 Å². The number of carbonyl (C=O) groups is 2. The summed E-state index contributed by atoms with van der Waals surface area (Å²) >= 11 is 0. The maximum Gasteiger partial charge on any atom is 0.490 e. The van der Waals surface area contributed by atoms with Gasteiger partial charge in [0.2, 0.25) is 15.9 Å². The zero-order valence-corrected chi connectivity index (χ0v) is 16.8. The quantitative estimate of drug-likeness (QED) is 0.690. The molecule has 2 aliphatic heterocycles. The Morgan fingerprint density at radius 1 is 1.40 bits per heavy atom. The molecule has 2 N–H and O–H groups in total. The van der Waals surface area contributed by atoms with E-state index >= 15 is 0 Å². The van der Waals surface area contributed by atoms with Crippen LogP contribution in [0, 0.1) is 5.92 Å². The summed E-state index contributed by atoms with van der Waals surface area (Å²) in [6, 6.07) is 3.56. The van der Waals surface area contributed by atoms with Gasteiger partial charge in [0, 0.05) is 32.1 Å². The van der Waals surface area contributed by atoms with Crippen LogP contribution in [0.4, 0.5) is 13.2 Å². The Morgan fingerprint density at radius 3 is 2.60 bits per heavy atom. The van der Waals surface area contributed by atoms with E-state index in [-0.39, 0.29) is 30.5 Å². The van der Waals surface area contributed by atoms with Gasteiger partial charge in [-0.3, -0.25) is 9.78 Å². The fourth-order valence-corrected chi connectivity index (χ4v) is 4.49. The highest BCUT2D eigenvalue weighted by atomic mass is 32.2. The molecule has 0 spiro atoms. The van der Waals surface area contributed by atoms with Crippen LogP contribution in [0.3, 0.4) is 0 Å². The van der Waals surface area contributed by atoms with Crippen molar-refractivity contribution in [2.75, 3.05) is 19.4 Å². The average molecular weight is 453 g/mol. The molecule has 2 fully saturated rings. The van der Waals surface area contributed by atoms with E-state index < -0.39 is 22.2 Å². The molecule has 3 rings (SSSR count). The number of alkyl halides is 3. The average Bonchev–Trinajstić information content (AvgIpc) is 3.13. The van der Waals surface area contributed by atoms with Gasteiger partial charge in [-0.05, 0) is 24.5 Å². The highest BCUT2D eigenvalue weighted by molar-refractivity contribution is 7.88. The number of carboxylic acids is 1. The molecule has 0 radical (unpaired) electrons. The van der Waals surface area contributed by atoms with Crippen molar-refractivity contribution in [3.05, 3.63) is 30.1 Å². The smallest absolute Gasteiger partial charge is 0.475 e. The number of sulfonamides is 1. The first-order valence-corrected chi connectivity index (χ1v) is 10.8. The van der Waals surface area contributed by atoms with Crippen LogP contribution in [0.15, 0.2) is 24.5 Å². The summed E-state index contributed by atoms with van der Waals surface area (Å²) in [4.78, 5) is 25.3. The lowest BCUT2D eigenvalue weighted by atomic mass is 9.91. The van der Waals surface area contributed by atoms with Gasteiger partial charge in [0.05, 0.1) is 24.3 Å². The van der Waals surface area contributed by atoms with Crippen LogP contribution in [0.2, 0.25) is 0 Å². The molecule has 0 saturated carbocycles. The number of fused-ring (bicyclic) bond motifs is 1. The fourth-order valence-electron chi connectivity index (χ4n) is 3.31. The van der Waals surface area contributed by atoms with E-state index in [0.717, 1.165) is 5.56 Å². The van der Waals surface area contributed by atoms with Crippen molar-refractivity contribution in [2.24, 2.45) is 5.92 Å². The van der Waals surface area contributed by atoms with Gasteiger partial charge in [-0.2, -0.15) is 17.5 Å². The summed E-state index contributed by atoms with van der Waals surface area (Å²) in [5.74, 6) is -3.29. The van der Waals surface area contributed by atoms with E-state index in [4.69, 9.17) is 14.6 Å². The first-order chi connectivity index (χ1) is 13.9. The maximum atomic E-state index is 12.4. The van der Waals surface area contributed by atoms with Crippen LogP contribution in [-0.2, 0) is 30.9 Å². The van der Waals surface area contributed by atoms with Gasteiger partial charge in [-0.1, -0.05) is 6.07 Å². The number of nitrogens with one attached hydrogen (secondary N) is 1. The molecule has 0 bridgehead atoms. The number of piperidine rings is 1. The lowest BCUT2D eigenvalue weighted by Gasteiger charge is -2.38. The molecule has 13 heteroatoms. The van der Waals surface area contributed by atoms with Crippen LogP contribution in [0.25, 0.3) is 0 Å². The van der Waals surface area contributed by atoms with Crippen LogP contribution in [0.5, 0.6) is 0 Å². The first kappa shape index (κ1) is 24.0. The molecule has 168 valence electrons. The first-order valence-electron chi connectivity index (χ1n) is 8.94. The molecule has 2 aliphatic rings. The minimum Gasteiger partial charge on any atom is -0.475 e. The van der Waals surface area contributed by atoms with Crippen molar-refractivity contribution in [1.82, 2.24) is 14.6 Å². The molecule has 3 atom stereocenters. The van der Waals surface area contributed by atoms with Crippen molar-refractivity contribution in [3.63, 3.8) is 0 Å². The van der Waals surface area contributed by atoms with E-state index in [0.29, 0.717) is 26.0 Å². The van der Waals surface area contributed by atoms with E-state index in [2.05, 4.69) is 10.3 Å². The topological polar surface area (TPSA) is 126 Å². The highest BCUT2D eigenvalue weighted by Crippen LogP contribution is 2.32. The second-order valence-corrected chi connectivity index (χ2v) is 8.85. The largest absolute Gasteiger partial charge is 0.490 e. The van der Waals surface area contributed by atoms with Crippen LogP contribution in [-0.4, -0.2) is 72.4 Å². The van der Waals surface area contributed by atoms with Crippen molar-refractivity contribution in [2.45, 2.75) is 37.7 Å². The highest BCUT2D eigenvalue weighted by Gasteiger charge is 2.45. The number of halogens is 3. The molecule has 2 saturated heterocycles. The standard InChI is InChI=1S/C15H21N3O4S.C2HF3O2/c1-23(20,21)18-10-12(7-14-13(18)4-6-22-14)15(19)17-9-11-3-2-5-16-8-11;3-2(4,5)1(6)7/h2-3,5,8,12-14H,4,6-7,9-10H2,1H3,(H,17,19);(H,6,7)/t12-,13+,14+;/m0./s1. The summed E-state index contributed by atoms with van der Waals surface area (Å²) in [7, 11) is -3.35. The SMILES string of the molecule is CS(=O)(=O)N1C[C@@H](C(=O)NCc2cccnc2)C[C@H]2OCC[C@H]21.O=C(O)C(F)(F)F. The minimum atomic E-state index is -5.08. The maximum absolute atomic E-state index is 12.4. The van der Waals surface area contributed by atoms with Gasteiger partial charge in [0.15, 0.2) is 0 Å². The van der Waals surface area contributed by atoms with E-state index in [1.807, 2.05) is 12.1 Å². The predicted molar refractivity (Wildman–Crippen MR) is 97.6 cm³/mol. The number of aromatic nitrogens is 1. The Kier molecular flexibility index (Phi) is 7.77. The molecule has 0 aromatic carbocycles. The molecule has 1 aromatic heterocycles. The van der Waals surface area contributed by atoms with Gasteiger partial charge in [0.25, 0.3) is 0 Å².